The highest BCUT2D eigenvalue weighted by atomic mass is 19.4. The third-order valence-corrected chi connectivity index (χ3v) is 8.11. The summed E-state index contributed by atoms with van der Waals surface area (Å²) in [6.45, 7) is 8.34. The first-order chi connectivity index (χ1) is 15.7. The molecule has 1 aromatic rings. The molecule has 7 nitrogen and oxygen atoms in total. The lowest BCUT2D eigenvalue weighted by atomic mass is 9.43. The second kappa shape index (κ2) is 8.69. The van der Waals surface area contributed by atoms with Gasteiger partial charge in [0.15, 0.2) is 0 Å². The Morgan fingerprint density at radius 3 is 2.47 bits per heavy atom. The van der Waals surface area contributed by atoms with Gasteiger partial charge in [-0.2, -0.15) is 0 Å². The van der Waals surface area contributed by atoms with E-state index in [9.17, 15) is 18.0 Å². The first-order valence-electron chi connectivity index (χ1n) is 11.7. The molecule has 0 aromatic heterocycles. The van der Waals surface area contributed by atoms with Crippen molar-refractivity contribution in [1.82, 2.24) is 5.01 Å². The lowest BCUT2D eigenvalue weighted by Crippen LogP contribution is -2.65. The average molecular weight is 483 g/mol. The van der Waals surface area contributed by atoms with Gasteiger partial charge in [0.2, 0.25) is 0 Å². The SMILES string of the molecule is C[C@H](N)C(=O)N(N)C[C@@H](Cc1ccc(OC(F)(F)F)cc1)B1OC2CC3CC(C3(C)C)[C@@]2(C)O1. The number of carbonyl (C=O) groups is 1. The topological polar surface area (TPSA) is 100 Å². The third kappa shape index (κ3) is 4.67. The highest BCUT2D eigenvalue weighted by molar-refractivity contribution is 6.47. The zero-order valence-corrected chi connectivity index (χ0v) is 20.0. The van der Waals surface area contributed by atoms with Crippen molar-refractivity contribution in [3.8, 4) is 5.75 Å². The minimum absolute atomic E-state index is 0.0466. The third-order valence-electron chi connectivity index (χ3n) is 8.11. The van der Waals surface area contributed by atoms with Crippen molar-refractivity contribution < 1.29 is 32.0 Å². The number of alkyl halides is 3. The van der Waals surface area contributed by atoms with Gasteiger partial charge in [-0.25, -0.2) is 5.84 Å². The second-order valence-electron chi connectivity index (χ2n) is 10.8. The van der Waals surface area contributed by atoms with Crippen molar-refractivity contribution >= 4 is 13.0 Å². The van der Waals surface area contributed by atoms with Crippen LogP contribution in [0.2, 0.25) is 5.82 Å². The van der Waals surface area contributed by atoms with Gasteiger partial charge in [-0.05, 0) is 68.1 Å². The molecule has 0 radical (unpaired) electrons. The maximum Gasteiger partial charge on any atom is 0.573 e. The highest BCUT2D eigenvalue weighted by Gasteiger charge is 2.68. The van der Waals surface area contributed by atoms with Gasteiger partial charge in [0.1, 0.15) is 5.75 Å². The minimum Gasteiger partial charge on any atom is -0.406 e. The molecule has 3 aliphatic carbocycles. The summed E-state index contributed by atoms with van der Waals surface area (Å²) in [6.07, 6.45) is -2.40. The molecule has 4 aliphatic rings. The van der Waals surface area contributed by atoms with Gasteiger partial charge in [0.05, 0.1) is 17.7 Å². The summed E-state index contributed by atoms with van der Waals surface area (Å²) in [5.74, 6) is 5.94. The number of ether oxygens (including phenoxy) is 1. The molecular weight excluding hydrogens is 450 g/mol. The van der Waals surface area contributed by atoms with Crippen LogP contribution in [-0.4, -0.2) is 48.7 Å². The summed E-state index contributed by atoms with van der Waals surface area (Å²) in [4.78, 5) is 12.4. The van der Waals surface area contributed by atoms with Gasteiger partial charge >= 0.3 is 13.5 Å². The molecule has 0 spiro atoms. The zero-order valence-electron chi connectivity index (χ0n) is 20.0. The average Bonchev–Trinajstić information content (AvgIpc) is 3.09. The van der Waals surface area contributed by atoms with Crippen LogP contribution in [-0.2, 0) is 20.5 Å². The van der Waals surface area contributed by atoms with Gasteiger partial charge in [-0.1, -0.05) is 26.0 Å². The number of halogens is 3. The van der Waals surface area contributed by atoms with Crippen molar-refractivity contribution in [1.29, 1.82) is 0 Å². The van der Waals surface area contributed by atoms with Gasteiger partial charge in [-0.15, -0.1) is 13.2 Å². The number of carbonyl (C=O) groups excluding carboxylic acids is 1. The molecule has 1 amide bonds. The number of nitrogens with zero attached hydrogens (tertiary/aromatic N) is 1. The first-order valence-corrected chi connectivity index (χ1v) is 11.7. The quantitative estimate of drug-likeness (QED) is 0.267. The summed E-state index contributed by atoms with van der Waals surface area (Å²) in [5, 5.41) is 1.08. The smallest absolute Gasteiger partial charge is 0.406 e. The lowest BCUT2D eigenvalue weighted by Gasteiger charge is -2.64. The predicted octanol–water partition coefficient (Wildman–Crippen LogP) is 3.28. The van der Waals surface area contributed by atoms with Gasteiger partial charge in [0, 0.05) is 12.4 Å². The lowest BCUT2D eigenvalue weighted by molar-refractivity contribution is -0.274. The Kier molecular flexibility index (Phi) is 6.46. The number of rotatable bonds is 7. The molecule has 4 fully saturated rings. The van der Waals surface area contributed by atoms with Gasteiger partial charge in [-0.3, -0.25) is 9.80 Å². The van der Waals surface area contributed by atoms with E-state index >= 15 is 0 Å². The van der Waals surface area contributed by atoms with Crippen LogP contribution in [0.5, 0.6) is 5.75 Å². The maximum absolute atomic E-state index is 12.5. The minimum atomic E-state index is -4.75. The monoisotopic (exact) mass is 483 g/mol. The molecule has 1 saturated heterocycles. The number of hydrazine groups is 1. The fourth-order valence-electron chi connectivity index (χ4n) is 6.08. The first kappa shape index (κ1) is 25.3. The van der Waals surface area contributed by atoms with Crippen LogP contribution < -0.4 is 16.3 Å². The van der Waals surface area contributed by atoms with Crippen molar-refractivity contribution in [2.45, 2.75) is 76.9 Å². The fraction of sp³-hybridized carbons (Fsp3) is 0.696. The Labute approximate surface area is 198 Å². The number of hydrogen-bond acceptors (Lipinski definition) is 6. The van der Waals surface area contributed by atoms with Crippen molar-refractivity contribution in [2.75, 3.05) is 6.54 Å². The molecule has 11 heteroatoms. The molecule has 3 unspecified atom stereocenters. The van der Waals surface area contributed by atoms with E-state index in [1.165, 1.54) is 12.1 Å². The maximum atomic E-state index is 12.5. The molecule has 1 heterocycles. The summed E-state index contributed by atoms with van der Waals surface area (Å²) in [7, 11) is -0.608. The van der Waals surface area contributed by atoms with Crippen LogP contribution in [0.15, 0.2) is 24.3 Å². The number of nitrogens with two attached hydrogens (primary N) is 2. The van der Waals surface area contributed by atoms with Crippen LogP contribution in [0.25, 0.3) is 0 Å². The molecule has 3 saturated carbocycles. The Bertz CT molecular complexity index is 914. The Morgan fingerprint density at radius 1 is 1.26 bits per heavy atom. The molecule has 6 atom stereocenters. The van der Waals surface area contributed by atoms with E-state index in [4.69, 9.17) is 20.9 Å². The molecule has 1 aliphatic heterocycles. The van der Waals surface area contributed by atoms with E-state index in [0.717, 1.165) is 23.4 Å². The van der Waals surface area contributed by atoms with Crippen molar-refractivity contribution in [3.63, 3.8) is 0 Å². The molecule has 4 N–H and O–H groups in total. The van der Waals surface area contributed by atoms with Crippen LogP contribution in [0.3, 0.4) is 0 Å². The Morgan fingerprint density at radius 2 is 1.91 bits per heavy atom. The normalized spacial score (nSPS) is 31.3. The summed E-state index contributed by atoms with van der Waals surface area (Å²) < 4.78 is 54.4. The molecule has 34 heavy (non-hydrogen) atoms. The van der Waals surface area contributed by atoms with E-state index in [2.05, 4.69) is 25.5 Å². The van der Waals surface area contributed by atoms with Crippen LogP contribution >= 0.6 is 0 Å². The molecule has 2 bridgehead atoms. The molecule has 5 rings (SSSR count). The Balaban J connectivity index is 1.53. The number of amides is 1. The van der Waals surface area contributed by atoms with Crippen LogP contribution in [0, 0.1) is 17.3 Å². The summed E-state index contributed by atoms with van der Waals surface area (Å²) in [5.41, 5.74) is 6.21. The molecule has 188 valence electrons. The van der Waals surface area contributed by atoms with E-state index in [0.29, 0.717) is 18.3 Å². The van der Waals surface area contributed by atoms with Crippen molar-refractivity contribution in [3.05, 3.63) is 29.8 Å². The van der Waals surface area contributed by atoms with Crippen LogP contribution in [0.4, 0.5) is 13.2 Å². The number of hydrogen-bond donors (Lipinski definition) is 2. The predicted molar refractivity (Wildman–Crippen MR) is 120 cm³/mol. The standard InChI is InChI=1S/C23H33BF3N3O4/c1-13(28)20(31)30(29)12-16(9-14-5-7-17(8-6-14)32-23(25,26)27)24-33-19-11-15-10-18(21(15,2)3)22(19,4)34-24/h5-8,13,15-16,18-19H,9-12,28-29H2,1-4H3/t13-,15?,16+,18?,19?,22+/m0/s1. The Hall–Kier alpha value is -1.82. The van der Waals surface area contributed by atoms with Gasteiger partial charge < -0.3 is 19.8 Å². The van der Waals surface area contributed by atoms with E-state index in [1.807, 2.05) is 0 Å². The molecular formula is C23H33BF3N3O4. The molecule has 1 aromatic carbocycles. The number of benzene rings is 1. The van der Waals surface area contributed by atoms with Crippen LogP contribution in [0.1, 0.15) is 46.1 Å². The van der Waals surface area contributed by atoms with E-state index in [1.54, 1.807) is 19.1 Å². The van der Waals surface area contributed by atoms with Crippen molar-refractivity contribution in [2.24, 2.45) is 28.8 Å². The zero-order chi connectivity index (χ0) is 25.1. The van der Waals surface area contributed by atoms with Gasteiger partial charge in [0.25, 0.3) is 5.91 Å². The van der Waals surface area contributed by atoms with E-state index in [-0.39, 0.29) is 29.6 Å². The largest absolute Gasteiger partial charge is 0.573 e. The second-order valence-corrected chi connectivity index (χ2v) is 10.8. The highest BCUT2D eigenvalue weighted by Crippen LogP contribution is 2.66. The summed E-state index contributed by atoms with van der Waals surface area (Å²) in [6, 6.07) is 4.89. The summed E-state index contributed by atoms with van der Waals surface area (Å²) >= 11 is 0. The fourth-order valence-corrected chi connectivity index (χ4v) is 6.08. The van der Waals surface area contributed by atoms with E-state index < -0.39 is 31.0 Å².